The van der Waals surface area contributed by atoms with Gasteiger partial charge < -0.3 is 5.32 Å². The second-order valence-corrected chi connectivity index (χ2v) is 5.35. The van der Waals surface area contributed by atoms with E-state index >= 15 is 0 Å². The van der Waals surface area contributed by atoms with Crippen LogP contribution in [-0.2, 0) is 13.5 Å². The van der Waals surface area contributed by atoms with Crippen LogP contribution in [0.25, 0.3) is 11.3 Å². The summed E-state index contributed by atoms with van der Waals surface area (Å²) >= 11 is 0. The maximum Gasteiger partial charge on any atom is 0.269 e. The Morgan fingerprint density at radius 1 is 1.21 bits per heavy atom. The summed E-state index contributed by atoms with van der Waals surface area (Å²) in [6.45, 7) is 0.468. The number of hydrogen-bond donors (Lipinski definition) is 1. The van der Waals surface area contributed by atoms with Gasteiger partial charge in [0.1, 0.15) is 11.5 Å². The van der Waals surface area contributed by atoms with Gasteiger partial charge in [0, 0.05) is 37.5 Å². The average molecular weight is 324 g/mol. The number of rotatable bonds is 5. The molecular weight excluding hydrogens is 307 g/mol. The number of benzene rings is 1. The summed E-state index contributed by atoms with van der Waals surface area (Å²) in [6.07, 6.45) is 2.36. The lowest BCUT2D eigenvalue weighted by molar-refractivity contribution is 0.0944. The van der Waals surface area contributed by atoms with Gasteiger partial charge in [-0.05, 0) is 30.3 Å². The second-order valence-electron chi connectivity index (χ2n) is 5.35. The lowest BCUT2D eigenvalue weighted by atomic mass is 10.1. The molecule has 3 rings (SSSR count). The van der Waals surface area contributed by atoms with E-state index in [9.17, 15) is 9.18 Å². The summed E-state index contributed by atoms with van der Waals surface area (Å²) in [4.78, 5) is 16.5. The summed E-state index contributed by atoms with van der Waals surface area (Å²) in [5, 5.41) is 7.07. The molecule has 3 aromatic rings. The second kappa shape index (κ2) is 7.04. The van der Waals surface area contributed by atoms with Crippen LogP contribution in [-0.4, -0.2) is 27.2 Å². The highest BCUT2D eigenvalue weighted by atomic mass is 19.1. The summed E-state index contributed by atoms with van der Waals surface area (Å²) in [5.41, 5.74) is 2.11. The smallest absolute Gasteiger partial charge is 0.269 e. The van der Waals surface area contributed by atoms with E-state index in [2.05, 4.69) is 15.4 Å². The minimum absolute atomic E-state index is 0.247. The summed E-state index contributed by atoms with van der Waals surface area (Å²) in [7, 11) is 1.66. The van der Waals surface area contributed by atoms with E-state index in [0.29, 0.717) is 29.9 Å². The van der Waals surface area contributed by atoms with Crippen LogP contribution in [0.2, 0.25) is 0 Å². The first-order valence-electron chi connectivity index (χ1n) is 7.62. The minimum atomic E-state index is -0.363. The Hall–Kier alpha value is -3.02. The van der Waals surface area contributed by atoms with E-state index in [1.807, 2.05) is 18.2 Å². The fourth-order valence-corrected chi connectivity index (χ4v) is 2.42. The normalized spacial score (nSPS) is 10.6. The summed E-state index contributed by atoms with van der Waals surface area (Å²) < 4.78 is 15.3. The average Bonchev–Trinajstić information content (AvgIpc) is 2.98. The van der Waals surface area contributed by atoms with Gasteiger partial charge in [0.15, 0.2) is 0 Å². The van der Waals surface area contributed by atoms with Gasteiger partial charge in [-0.2, -0.15) is 5.10 Å². The van der Waals surface area contributed by atoms with Gasteiger partial charge in [-0.1, -0.05) is 18.2 Å². The number of carbonyl (C=O) groups excluding carboxylic acids is 1. The van der Waals surface area contributed by atoms with Gasteiger partial charge in [0.05, 0.1) is 5.69 Å². The maximum absolute atomic E-state index is 13.9. The molecule has 0 atom stereocenters. The molecule has 0 saturated carbocycles. The fraction of sp³-hybridized carbons (Fsp3) is 0.167. The van der Waals surface area contributed by atoms with Crippen molar-refractivity contribution in [3.8, 4) is 11.3 Å². The third kappa shape index (κ3) is 3.48. The van der Waals surface area contributed by atoms with E-state index in [1.165, 1.54) is 10.7 Å². The zero-order valence-corrected chi connectivity index (χ0v) is 13.2. The topological polar surface area (TPSA) is 59.8 Å². The van der Waals surface area contributed by atoms with Crippen molar-refractivity contribution in [3.63, 3.8) is 0 Å². The maximum atomic E-state index is 13.9. The number of aryl methyl sites for hydroxylation is 1. The number of halogens is 1. The van der Waals surface area contributed by atoms with Gasteiger partial charge in [-0.15, -0.1) is 0 Å². The van der Waals surface area contributed by atoms with Gasteiger partial charge >= 0.3 is 0 Å². The van der Waals surface area contributed by atoms with E-state index in [-0.39, 0.29) is 11.7 Å². The molecule has 1 aromatic carbocycles. The zero-order valence-electron chi connectivity index (χ0n) is 13.2. The van der Waals surface area contributed by atoms with Crippen molar-refractivity contribution >= 4 is 5.91 Å². The number of nitrogens with zero attached hydrogens (tertiary/aromatic N) is 3. The van der Waals surface area contributed by atoms with Crippen molar-refractivity contribution < 1.29 is 9.18 Å². The first kappa shape index (κ1) is 15.9. The van der Waals surface area contributed by atoms with Crippen LogP contribution in [0.5, 0.6) is 0 Å². The number of pyridine rings is 1. The Morgan fingerprint density at radius 2 is 2.00 bits per heavy atom. The fourth-order valence-electron chi connectivity index (χ4n) is 2.42. The molecule has 24 heavy (non-hydrogen) atoms. The van der Waals surface area contributed by atoms with Crippen molar-refractivity contribution in [2.75, 3.05) is 6.54 Å². The molecule has 1 N–H and O–H groups in total. The molecule has 2 heterocycles. The van der Waals surface area contributed by atoms with Crippen LogP contribution in [0.1, 0.15) is 16.2 Å². The van der Waals surface area contributed by atoms with E-state index in [4.69, 9.17) is 0 Å². The van der Waals surface area contributed by atoms with Crippen molar-refractivity contribution in [2.24, 2.45) is 7.05 Å². The number of amides is 1. The third-order valence-corrected chi connectivity index (χ3v) is 3.66. The zero-order chi connectivity index (χ0) is 16.9. The van der Waals surface area contributed by atoms with Crippen LogP contribution < -0.4 is 5.32 Å². The van der Waals surface area contributed by atoms with Crippen LogP contribution in [0.4, 0.5) is 4.39 Å². The Balaban J connectivity index is 1.68. The van der Waals surface area contributed by atoms with Crippen molar-refractivity contribution in [2.45, 2.75) is 6.42 Å². The highest BCUT2D eigenvalue weighted by molar-refractivity contribution is 5.93. The van der Waals surface area contributed by atoms with E-state index < -0.39 is 0 Å². The Morgan fingerprint density at radius 3 is 2.75 bits per heavy atom. The largest absolute Gasteiger partial charge is 0.350 e. The predicted octanol–water partition coefficient (Wildman–Crippen LogP) is 2.59. The number of carbonyl (C=O) groups is 1. The molecule has 6 heteroatoms. The lowest BCUT2D eigenvalue weighted by Gasteiger charge is -2.04. The van der Waals surface area contributed by atoms with Gasteiger partial charge in [-0.25, -0.2) is 4.39 Å². The first-order valence-corrected chi connectivity index (χ1v) is 7.62. The van der Waals surface area contributed by atoms with Crippen molar-refractivity contribution in [1.82, 2.24) is 20.1 Å². The van der Waals surface area contributed by atoms with Gasteiger partial charge in [0.2, 0.25) is 0 Å². The molecule has 1 amide bonds. The molecule has 0 spiro atoms. The Labute approximate surface area is 139 Å². The van der Waals surface area contributed by atoms with Crippen molar-refractivity contribution in [1.29, 1.82) is 0 Å². The number of hydrogen-bond acceptors (Lipinski definition) is 3. The highest BCUT2D eigenvalue weighted by Gasteiger charge is 2.15. The van der Waals surface area contributed by atoms with Gasteiger partial charge in [0.25, 0.3) is 5.91 Å². The standard InChI is InChI=1S/C18H17FN4O/c1-23-17(12-16(22-23)14-7-2-3-8-15(14)19)18(24)21-11-9-13-6-4-5-10-20-13/h2-8,10,12H,9,11H2,1H3,(H,21,24). The summed E-state index contributed by atoms with van der Waals surface area (Å²) in [5.74, 6) is -0.610. The SMILES string of the molecule is Cn1nc(-c2ccccc2F)cc1C(=O)NCCc1ccccn1. The third-order valence-electron chi connectivity index (χ3n) is 3.66. The molecule has 0 radical (unpaired) electrons. The Bertz CT molecular complexity index is 845. The predicted molar refractivity (Wildman–Crippen MR) is 88.9 cm³/mol. The molecule has 2 aromatic heterocycles. The van der Waals surface area contributed by atoms with Crippen LogP contribution in [0.3, 0.4) is 0 Å². The molecule has 0 fully saturated rings. The molecule has 0 unspecified atom stereocenters. The molecule has 0 aliphatic carbocycles. The molecule has 0 aliphatic rings. The molecule has 0 aliphatic heterocycles. The molecule has 5 nitrogen and oxygen atoms in total. The van der Waals surface area contributed by atoms with Crippen LogP contribution in [0.15, 0.2) is 54.7 Å². The molecular formula is C18H17FN4O. The van der Waals surface area contributed by atoms with Crippen LogP contribution >= 0.6 is 0 Å². The first-order chi connectivity index (χ1) is 11.6. The van der Waals surface area contributed by atoms with E-state index in [0.717, 1.165) is 5.69 Å². The summed E-state index contributed by atoms with van der Waals surface area (Å²) in [6, 6.07) is 13.6. The van der Waals surface area contributed by atoms with Crippen molar-refractivity contribution in [3.05, 3.63) is 71.9 Å². The number of aromatic nitrogens is 3. The number of nitrogens with one attached hydrogen (secondary N) is 1. The monoisotopic (exact) mass is 324 g/mol. The lowest BCUT2D eigenvalue weighted by Crippen LogP contribution is -2.27. The van der Waals surface area contributed by atoms with Gasteiger partial charge in [-0.3, -0.25) is 14.5 Å². The molecule has 122 valence electrons. The van der Waals surface area contributed by atoms with E-state index in [1.54, 1.807) is 37.5 Å². The Kier molecular flexibility index (Phi) is 4.65. The quantitative estimate of drug-likeness (QED) is 0.785. The molecule has 0 saturated heterocycles. The minimum Gasteiger partial charge on any atom is -0.350 e. The van der Waals surface area contributed by atoms with Crippen LogP contribution in [0, 0.1) is 5.82 Å². The highest BCUT2D eigenvalue weighted by Crippen LogP contribution is 2.21. The molecule has 0 bridgehead atoms.